The van der Waals surface area contributed by atoms with Gasteiger partial charge in [-0.1, -0.05) is 31.5 Å². The second-order valence-electron chi connectivity index (χ2n) is 3.00. The predicted molar refractivity (Wildman–Crippen MR) is 62.5 cm³/mol. The van der Waals surface area contributed by atoms with Gasteiger partial charge in [0.2, 0.25) is 0 Å². The zero-order valence-corrected chi connectivity index (χ0v) is 9.40. The molecule has 1 rings (SSSR count). The van der Waals surface area contributed by atoms with Gasteiger partial charge in [0.15, 0.2) is 0 Å². The van der Waals surface area contributed by atoms with E-state index in [4.69, 9.17) is 5.73 Å². The predicted octanol–water partition coefficient (Wildman–Crippen LogP) is 2.40. The van der Waals surface area contributed by atoms with Gasteiger partial charge in [-0.15, -0.1) is 0 Å². The van der Waals surface area contributed by atoms with Crippen LogP contribution < -0.4 is 5.73 Å². The summed E-state index contributed by atoms with van der Waals surface area (Å²) in [6.07, 6.45) is 2.25. The Balaban J connectivity index is 0.000000336. The Morgan fingerprint density at radius 2 is 2.00 bits per heavy atom. The zero-order valence-electron chi connectivity index (χ0n) is 9.40. The van der Waals surface area contributed by atoms with Crippen molar-refractivity contribution in [3.63, 3.8) is 0 Å². The maximum absolute atomic E-state index is 9.18. The standard InChI is InChI=1S/C9H13N.C3H6O2/c1-2-5-8-6-3-4-7-9(8)10;1-2-5-3-4/h3-4,6-7H,2,5,10H2,1H3;3H,2H2,1H3. The number of hydrogen-bond donors (Lipinski definition) is 1. The molecular weight excluding hydrogens is 190 g/mol. The molecule has 0 aromatic heterocycles. The van der Waals surface area contributed by atoms with Gasteiger partial charge in [0, 0.05) is 5.69 Å². The van der Waals surface area contributed by atoms with E-state index in [1.807, 2.05) is 18.2 Å². The average molecular weight is 209 g/mol. The highest BCUT2D eigenvalue weighted by molar-refractivity contribution is 5.46. The Morgan fingerprint density at radius 3 is 2.40 bits per heavy atom. The number of ether oxygens (including phenoxy) is 1. The zero-order chi connectivity index (χ0) is 11.5. The van der Waals surface area contributed by atoms with E-state index in [-0.39, 0.29) is 0 Å². The lowest BCUT2D eigenvalue weighted by atomic mass is 10.1. The molecule has 0 aliphatic heterocycles. The Hall–Kier alpha value is -1.51. The van der Waals surface area contributed by atoms with Crippen LogP contribution in [0.5, 0.6) is 0 Å². The summed E-state index contributed by atoms with van der Waals surface area (Å²) in [5.74, 6) is 0. The van der Waals surface area contributed by atoms with E-state index in [1.54, 1.807) is 6.92 Å². The first kappa shape index (κ1) is 13.5. The summed E-state index contributed by atoms with van der Waals surface area (Å²) in [7, 11) is 0. The molecule has 0 radical (unpaired) electrons. The van der Waals surface area contributed by atoms with Gasteiger partial charge in [0.25, 0.3) is 6.47 Å². The molecule has 0 unspecified atom stereocenters. The lowest BCUT2D eigenvalue weighted by molar-refractivity contribution is -0.128. The molecule has 3 heteroatoms. The summed E-state index contributed by atoms with van der Waals surface area (Å²) >= 11 is 0. The minimum Gasteiger partial charge on any atom is -0.468 e. The lowest BCUT2D eigenvalue weighted by Crippen LogP contribution is -1.92. The topological polar surface area (TPSA) is 52.3 Å². The molecule has 15 heavy (non-hydrogen) atoms. The first-order valence-corrected chi connectivity index (χ1v) is 5.14. The molecule has 0 spiro atoms. The molecule has 0 fully saturated rings. The molecule has 0 saturated heterocycles. The lowest BCUT2D eigenvalue weighted by Gasteiger charge is -2.01. The van der Waals surface area contributed by atoms with Gasteiger partial charge in [-0.3, -0.25) is 4.79 Å². The normalized spacial score (nSPS) is 8.67. The molecule has 3 nitrogen and oxygen atoms in total. The second kappa shape index (κ2) is 9.06. The van der Waals surface area contributed by atoms with Crippen molar-refractivity contribution in [2.45, 2.75) is 26.7 Å². The Bertz CT molecular complexity index is 274. The highest BCUT2D eigenvalue weighted by Gasteiger charge is 1.93. The third-order valence-electron chi connectivity index (χ3n) is 1.81. The van der Waals surface area contributed by atoms with Crippen LogP contribution in [0.3, 0.4) is 0 Å². The van der Waals surface area contributed by atoms with Crippen molar-refractivity contribution in [2.24, 2.45) is 0 Å². The van der Waals surface area contributed by atoms with Gasteiger partial charge < -0.3 is 10.5 Å². The third kappa shape index (κ3) is 6.55. The number of anilines is 1. The SMILES string of the molecule is CCCc1ccccc1N.CCOC=O. The van der Waals surface area contributed by atoms with E-state index in [1.165, 1.54) is 5.56 Å². The van der Waals surface area contributed by atoms with Crippen molar-refractivity contribution in [3.05, 3.63) is 29.8 Å². The number of benzene rings is 1. The van der Waals surface area contributed by atoms with E-state index >= 15 is 0 Å². The summed E-state index contributed by atoms with van der Waals surface area (Å²) in [4.78, 5) is 9.18. The van der Waals surface area contributed by atoms with Crippen molar-refractivity contribution in [3.8, 4) is 0 Å². The van der Waals surface area contributed by atoms with Gasteiger partial charge in [-0.05, 0) is 25.0 Å². The largest absolute Gasteiger partial charge is 0.468 e. The molecule has 84 valence electrons. The van der Waals surface area contributed by atoms with Crippen LogP contribution in [-0.2, 0) is 16.0 Å². The molecule has 2 N–H and O–H groups in total. The van der Waals surface area contributed by atoms with Crippen LogP contribution in [-0.4, -0.2) is 13.1 Å². The van der Waals surface area contributed by atoms with Crippen molar-refractivity contribution in [1.82, 2.24) is 0 Å². The van der Waals surface area contributed by atoms with Gasteiger partial charge in [0.1, 0.15) is 0 Å². The number of aryl methyl sites for hydroxylation is 1. The van der Waals surface area contributed by atoms with E-state index < -0.39 is 0 Å². The Morgan fingerprint density at radius 1 is 1.33 bits per heavy atom. The molecule has 0 saturated carbocycles. The highest BCUT2D eigenvalue weighted by Crippen LogP contribution is 2.11. The summed E-state index contributed by atoms with van der Waals surface area (Å²) < 4.78 is 4.15. The molecule has 1 aromatic carbocycles. The van der Waals surface area contributed by atoms with E-state index in [0.717, 1.165) is 18.5 Å². The fraction of sp³-hybridized carbons (Fsp3) is 0.417. The molecule has 0 bridgehead atoms. The minimum atomic E-state index is 0.431. The fourth-order valence-corrected chi connectivity index (χ4v) is 1.10. The summed E-state index contributed by atoms with van der Waals surface area (Å²) in [6, 6.07) is 8.03. The van der Waals surface area contributed by atoms with Crippen molar-refractivity contribution >= 4 is 12.2 Å². The molecule has 1 aromatic rings. The van der Waals surface area contributed by atoms with Crippen molar-refractivity contribution in [2.75, 3.05) is 12.3 Å². The van der Waals surface area contributed by atoms with Crippen molar-refractivity contribution in [1.29, 1.82) is 0 Å². The number of nitrogen functional groups attached to an aromatic ring is 1. The van der Waals surface area contributed by atoms with Gasteiger partial charge in [-0.2, -0.15) is 0 Å². The first-order valence-electron chi connectivity index (χ1n) is 5.14. The van der Waals surface area contributed by atoms with Crippen LogP contribution in [0.25, 0.3) is 0 Å². The summed E-state index contributed by atoms with van der Waals surface area (Å²) in [6.45, 7) is 4.82. The molecule has 0 heterocycles. The number of carbonyl (C=O) groups excluding carboxylic acids is 1. The van der Waals surface area contributed by atoms with E-state index in [2.05, 4.69) is 17.7 Å². The number of hydrogen-bond acceptors (Lipinski definition) is 3. The van der Waals surface area contributed by atoms with E-state index in [9.17, 15) is 4.79 Å². The molecule has 0 amide bonds. The maximum atomic E-state index is 9.18. The van der Waals surface area contributed by atoms with Gasteiger partial charge >= 0.3 is 0 Å². The number of carbonyl (C=O) groups is 1. The Kier molecular flexibility index (Phi) is 8.15. The van der Waals surface area contributed by atoms with Gasteiger partial charge in [0.05, 0.1) is 6.61 Å². The molecule has 0 aliphatic carbocycles. The van der Waals surface area contributed by atoms with Crippen LogP contribution >= 0.6 is 0 Å². The van der Waals surface area contributed by atoms with Crippen molar-refractivity contribution < 1.29 is 9.53 Å². The average Bonchev–Trinajstić information content (AvgIpc) is 2.24. The van der Waals surface area contributed by atoms with Gasteiger partial charge in [-0.25, -0.2) is 0 Å². The molecule has 0 atom stereocenters. The van der Waals surface area contributed by atoms with Crippen LogP contribution in [0.2, 0.25) is 0 Å². The maximum Gasteiger partial charge on any atom is 0.293 e. The monoisotopic (exact) mass is 209 g/mol. The smallest absolute Gasteiger partial charge is 0.293 e. The van der Waals surface area contributed by atoms with Crippen LogP contribution in [0.15, 0.2) is 24.3 Å². The highest BCUT2D eigenvalue weighted by atomic mass is 16.5. The van der Waals surface area contributed by atoms with Crippen LogP contribution in [0.1, 0.15) is 25.8 Å². The summed E-state index contributed by atoms with van der Waals surface area (Å²) in [5.41, 5.74) is 7.90. The number of nitrogens with two attached hydrogens (primary N) is 1. The number of para-hydroxylation sites is 1. The number of rotatable bonds is 4. The fourth-order valence-electron chi connectivity index (χ4n) is 1.10. The molecular formula is C12H19NO2. The molecule has 0 aliphatic rings. The van der Waals surface area contributed by atoms with E-state index in [0.29, 0.717) is 13.1 Å². The summed E-state index contributed by atoms with van der Waals surface area (Å²) in [5, 5.41) is 0. The quantitative estimate of drug-likeness (QED) is 0.612. The Labute approximate surface area is 91.2 Å². The van der Waals surface area contributed by atoms with Crippen LogP contribution in [0, 0.1) is 0 Å². The first-order chi connectivity index (χ1) is 7.26. The third-order valence-corrected chi connectivity index (χ3v) is 1.81. The minimum absolute atomic E-state index is 0.431. The van der Waals surface area contributed by atoms with Crippen LogP contribution in [0.4, 0.5) is 5.69 Å². The second-order valence-corrected chi connectivity index (χ2v) is 3.00.